The monoisotopic (exact) mass is 388 g/mol. The van der Waals surface area contributed by atoms with Crippen LogP contribution in [-0.2, 0) is 27.1 Å². The summed E-state index contributed by atoms with van der Waals surface area (Å²) in [6.07, 6.45) is -0.721. The molecule has 144 valence electrons. The molecule has 27 heavy (non-hydrogen) atoms. The van der Waals surface area contributed by atoms with Crippen molar-refractivity contribution in [3.63, 3.8) is 0 Å². The summed E-state index contributed by atoms with van der Waals surface area (Å²) in [6.45, 7) is 0.337. The highest BCUT2D eigenvalue weighted by atomic mass is 32.2. The maximum atomic E-state index is 12.9. The van der Waals surface area contributed by atoms with E-state index in [1.165, 1.54) is 4.90 Å². The number of likely N-dealkylation sites (N-methyl/N-ethyl adjacent to an activating group) is 1. The highest BCUT2D eigenvalue weighted by molar-refractivity contribution is 7.88. The molecule has 2 aromatic rings. The Morgan fingerprint density at radius 1 is 1.07 bits per heavy atom. The normalized spacial score (nSPS) is 20.5. The first-order chi connectivity index (χ1) is 12.9. The van der Waals surface area contributed by atoms with Crippen molar-refractivity contribution in [2.24, 2.45) is 0 Å². The maximum Gasteiger partial charge on any atom is 0.241 e. The number of nitrogens with zero attached hydrogens (tertiary/aromatic N) is 2. The van der Waals surface area contributed by atoms with Gasteiger partial charge in [-0.2, -0.15) is 4.31 Å². The number of hydrogen-bond donors (Lipinski definition) is 1. The smallest absolute Gasteiger partial charge is 0.241 e. The second kappa shape index (κ2) is 8.21. The molecule has 3 rings (SSSR count). The van der Waals surface area contributed by atoms with Gasteiger partial charge in [0.25, 0.3) is 0 Å². The number of carbonyl (C=O) groups excluding carboxylic acids is 1. The van der Waals surface area contributed by atoms with Crippen molar-refractivity contribution < 1.29 is 18.3 Å². The second-order valence-electron chi connectivity index (χ2n) is 6.90. The van der Waals surface area contributed by atoms with Crippen LogP contribution in [0.25, 0.3) is 0 Å². The number of aliphatic hydroxyl groups is 1. The first-order valence-corrected chi connectivity index (χ1v) is 10.5. The van der Waals surface area contributed by atoms with Crippen LogP contribution in [0.1, 0.15) is 17.5 Å². The van der Waals surface area contributed by atoms with Gasteiger partial charge >= 0.3 is 0 Å². The quantitative estimate of drug-likeness (QED) is 0.816. The van der Waals surface area contributed by atoms with Crippen LogP contribution in [0.3, 0.4) is 0 Å². The fourth-order valence-corrected chi connectivity index (χ4v) is 5.12. The lowest BCUT2D eigenvalue weighted by Gasteiger charge is -2.27. The molecule has 1 fully saturated rings. The molecular weight excluding hydrogens is 364 g/mol. The van der Waals surface area contributed by atoms with E-state index in [0.717, 1.165) is 9.87 Å². The number of sulfonamides is 1. The molecule has 1 aliphatic rings. The van der Waals surface area contributed by atoms with E-state index in [4.69, 9.17) is 0 Å². The van der Waals surface area contributed by atoms with Gasteiger partial charge in [-0.05, 0) is 11.1 Å². The van der Waals surface area contributed by atoms with Gasteiger partial charge in [-0.15, -0.1) is 0 Å². The summed E-state index contributed by atoms with van der Waals surface area (Å²) >= 11 is 0. The standard InChI is InChI=1S/C20H24N2O4S/c1-21(13-16-8-4-2-5-9-16)20(24)19-12-18(23)14-22(19)27(25,26)15-17-10-6-3-7-11-17/h2-11,18-19,23H,12-15H2,1H3/t18?,19-/m0/s1. The lowest BCUT2D eigenvalue weighted by Crippen LogP contribution is -2.46. The van der Waals surface area contributed by atoms with Crippen molar-refractivity contribution in [3.05, 3.63) is 71.8 Å². The van der Waals surface area contributed by atoms with Crippen molar-refractivity contribution >= 4 is 15.9 Å². The summed E-state index contributed by atoms with van der Waals surface area (Å²) < 4.78 is 26.9. The van der Waals surface area contributed by atoms with E-state index in [1.807, 2.05) is 36.4 Å². The van der Waals surface area contributed by atoms with Crippen LogP contribution in [0.15, 0.2) is 60.7 Å². The van der Waals surface area contributed by atoms with Crippen LogP contribution in [0, 0.1) is 0 Å². The van der Waals surface area contributed by atoms with Crippen molar-refractivity contribution in [1.29, 1.82) is 0 Å². The molecular formula is C20H24N2O4S. The zero-order chi connectivity index (χ0) is 19.4. The van der Waals surface area contributed by atoms with E-state index in [9.17, 15) is 18.3 Å². The van der Waals surface area contributed by atoms with Crippen LogP contribution >= 0.6 is 0 Å². The summed E-state index contributed by atoms with van der Waals surface area (Å²) in [5, 5.41) is 10.0. The predicted molar refractivity (Wildman–Crippen MR) is 103 cm³/mol. The third-order valence-corrected chi connectivity index (χ3v) is 6.52. The molecule has 0 radical (unpaired) electrons. The Morgan fingerprint density at radius 2 is 1.63 bits per heavy atom. The van der Waals surface area contributed by atoms with Gasteiger partial charge in [0, 0.05) is 26.6 Å². The Balaban J connectivity index is 1.75. The Labute approximate surface area is 160 Å². The average Bonchev–Trinajstić information content (AvgIpc) is 3.05. The van der Waals surface area contributed by atoms with Gasteiger partial charge < -0.3 is 10.0 Å². The van der Waals surface area contributed by atoms with Gasteiger partial charge in [-0.25, -0.2) is 8.42 Å². The topological polar surface area (TPSA) is 77.9 Å². The lowest BCUT2D eigenvalue weighted by atomic mass is 10.1. The van der Waals surface area contributed by atoms with Crippen LogP contribution in [0.5, 0.6) is 0 Å². The fourth-order valence-electron chi connectivity index (χ4n) is 3.37. The molecule has 1 saturated heterocycles. The van der Waals surface area contributed by atoms with Gasteiger partial charge in [0.15, 0.2) is 0 Å². The molecule has 1 amide bonds. The molecule has 1 aliphatic heterocycles. The van der Waals surface area contributed by atoms with Crippen molar-refractivity contribution in [3.8, 4) is 0 Å². The van der Waals surface area contributed by atoms with Crippen molar-refractivity contribution in [1.82, 2.24) is 9.21 Å². The summed E-state index contributed by atoms with van der Waals surface area (Å²) in [6, 6.07) is 17.5. The molecule has 0 spiro atoms. The Bertz CT molecular complexity index is 871. The summed E-state index contributed by atoms with van der Waals surface area (Å²) in [5.74, 6) is -0.487. The maximum absolute atomic E-state index is 12.9. The summed E-state index contributed by atoms with van der Waals surface area (Å²) in [7, 11) is -2.07. The molecule has 0 saturated carbocycles. The third-order valence-electron chi connectivity index (χ3n) is 4.71. The number of aliphatic hydroxyl groups excluding tert-OH is 1. The minimum absolute atomic E-state index is 0.0508. The van der Waals surface area contributed by atoms with Gasteiger partial charge in [0.1, 0.15) is 6.04 Å². The Hall–Kier alpha value is -2.22. The summed E-state index contributed by atoms with van der Waals surface area (Å²) in [4.78, 5) is 14.4. The first kappa shape index (κ1) is 19.5. The number of benzene rings is 2. The number of hydrogen-bond acceptors (Lipinski definition) is 4. The lowest BCUT2D eigenvalue weighted by molar-refractivity contribution is -0.133. The second-order valence-corrected chi connectivity index (χ2v) is 8.82. The SMILES string of the molecule is CN(Cc1ccccc1)C(=O)[C@@H]1CC(O)CN1S(=O)(=O)Cc1ccccc1. The van der Waals surface area contributed by atoms with Crippen LogP contribution < -0.4 is 0 Å². The molecule has 0 bridgehead atoms. The Kier molecular flexibility index (Phi) is 5.94. The zero-order valence-electron chi connectivity index (χ0n) is 15.2. The third kappa shape index (κ3) is 4.74. The van der Waals surface area contributed by atoms with Gasteiger partial charge in [-0.1, -0.05) is 60.7 Å². The largest absolute Gasteiger partial charge is 0.392 e. The molecule has 2 atom stereocenters. The van der Waals surface area contributed by atoms with Crippen LogP contribution in [0.4, 0.5) is 0 Å². The molecule has 0 aromatic heterocycles. The number of amides is 1. The van der Waals surface area contributed by atoms with Crippen molar-refractivity contribution in [2.45, 2.75) is 30.9 Å². The molecule has 6 nitrogen and oxygen atoms in total. The molecule has 1 N–H and O–H groups in total. The predicted octanol–water partition coefficient (Wildman–Crippen LogP) is 1.61. The molecule has 1 heterocycles. The zero-order valence-corrected chi connectivity index (χ0v) is 16.0. The highest BCUT2D eigenvalue weighted by Gasteiger charge is 2.43. The van der Waals surface area contributed by atoms with Crippen LogP contribution in [-0.4, -0.2) is 54.4 Å². The molecule has 1 unspecified atom stereocenters. The summed E-state index contributed by atoms with van der Waals surface area (Å²) in [5.41, 5.74) is 1.62. The minimum Gasteiger partial charge on any atom is -0.392 e. The van der Waals surface area contributed by atoms with E-state index in [0.29, 0.717) is 12.1 Å². The number of β-amino-alcohol motifs (C(OH)–C–C–N with tert-alkyl or cyclic N) is 1. The van der Waals surface area contributed by atoms with E-state index in [1.54, 1.807) is 31.3 Å². The minimum atomic E-state index is -3.72. The highest BCUT2D eigenvalue weighted by Crippen LogP contribution is 2.25. The van der Waals surface area contributed by atoms with E-state index in [-0.39, 0.29) is 24.6 Å². The van der Waals surface area contributed by atoms with Gasteiger partial charge in [-0.3, -0.25) is 4.79 Å². The van der Waals surface area contributed by atoms with Crippen molar-refractivity contribution in [2.75, 3.05) is 13.6 Å². The first-order valence-electron chi connectivity index (χ1n) is 8.87. The Morgan fingerprint density at radius 3 is 2.22 bits per heavy atom. The van der Waals surface area contributed by atoms with E-state index >= 15 is 0 Å². The molecule has 7 heteroatoms. The average molecular weight is 388 g/mol. The van der Waals surface area contributed by atoms with Gasteiger partial charge in [0.05, 0.1) is 11.9 Å². The molecule has 2 aromatic carbocycles. The van der Waals surface area contributed by atoms with E-state index < -0.39 is 22.2 Å². The number of rotatable bonds is 6. The number of carbonyl (C=O) groups is 1. The molecule has 0 aliphatic carbocycles. The van der Waals surface area contributed by atoms with Gasteiger partial charge in [0.2, 0.25) is 15.9 Å². The fraction of sp³-hybridized carbons (Fsp3) is 0.350. The van der Waals surface area contributed by atoms with E-state index in [2.05, 4.69) is 0 Å². The van der Waals surface area contributed by atoms with Crippen LogP contribution in [0.2, 0.25) is 0 Å².